The highest BCUT2D eigenvalue weighted by Gasteiger charge is 2.33. The minimum absolute atomic E-state index is 0.00814. The molecule has 42 heavy (non-hydrogen) atoms. The van der Waals surface area contributed by atoms with Gasteiger partial charge in [0.05, 0.1) is 28.0 Å². The van der Waals surface area contributed by atoms with Crippen molar-refractivity contribution < 1.29 is 14.7 Å². The molecule has 10 nitrogen and oxygen atoms in total. The molecule has 0 spiro atoms. The lowest BCUT2D eigenvalue weighted by Gasteiger charge is -2.44. The van der Waals surface area contributed by atoms with Gasteiger partial charge < -0.3 is 14.9 Å². The molecule has 0 saturated carbocycles. The molecule has 0 bridgehead atoms. The van der Waals surface area contributed by atoms with E-state index in [0.29, 0.717) is 46.9 Å². The van der Waals surface area contributed by atoms with Crippen LogP contribution >= 0.6 is 0 Å². The third-order valence-corrected chi connectivity index (χ3v) is 7.79. The zero-order valence-electron chi connectivity index (χ0n) is 24.4. The smallest absolute Gasteiger partial charge is 0.355 e. The molecule has 1 aliphatic rings. The number of anilines is 1. The predicted molar refractivity (Wildman–Crippen MR) is 162 cm³/mol. The monoisotopic (exact) mass is 566 g/mol. The highest BCUT2D eigenvalue weighted by Crippen LogP contribution is 2.33. The fourth-order valence-electron chi connectivity index (χ4n) is 5.68. The van der Waals surface area contributed by atoms with Gasteiger partial charge in [0, 0.05) is 36.9 Å². The Morgan fingerprint density at radius 3 is 2.48 bits per heavy atom. The second kappa shape index (κ2) is 11.2. The largest absolute Gasteiger partial charge is 0.478 e. The summed E-state index contributed by atoms with van der Waals surface area (Å²) >= 11 is 0. The van der Waals surface area contributed by atoms with E-state index in [0.717, 1.165) is 11.3 Å². The Bertz CT molecular complexity index is 1780. The minimum atomic E-state index is -1.07. The first kappa shape index (κ1) is 28.7. The van der Waals surface area contributed by atoms with Crippen LogP contribution in [0.1, 0.15) is 55.2 Å². The Labute approximate surface area is 244 Å². The highest BCUT2D eigenvalue weighted by molar-refractivity contribution is 5.97. The quantitative estimate of drug-likeness (QED) is 0.337. The number of pyridine rings is 2. The SMILES string of the molecule is C=CC(=O)N1CC(C)N(c2nc(=O)n(-c3c(C)ccnc3C(C)C)c3nc(-c4ccccc4C(=O)O)ccc23)CC1C. The summed E-state index contributed by atoms with van der Waals surface area (Å²) in [6.07, 6.45) is 3.04. The number of amides is 1. The number of hydrogen-bond acceptors (Lipinski definition) is 7. The summed E-state index contributed by atoms with van der Waals surface area (Å²) in [7, 11) is 0. The first-order valence-electron chi connectivity index (χ1n) is 14.0. The Hall–Kier alpha value is -4.86. The number of aryl methyl sites for hydroxylation is 1. The lowest BCUT2D eigenvalue weighted by atomic mass is 10.0. The minimum Gasteiger partial charge on any atom is -0.478 e. The molecular weight excluding hydrogens is 532 g/mol. The fraction of sp³-hybridized carbons (Fsp3) is 0.312. The summed E-state index contributed by atoms with van der Waals surface area (Å²) in [6, 6.07) is 11.8. The van der Waals surface area contributed by atoms with Crippen molar-refractivity contribution in [1.82, 2.24) is 24.4 Å². The molecule has 4 aromatic rings. The summed E-state index contributed by atoms with van der Waals surface area (Å²) in [5.74, 6) is -0.734. The van der Waals surface area contributed by atoms with Crippen LogP contribution in [0.25, 0.3) is 28.0 Å². The van der Waals surface area contributed by atoms with Gasteiger partial charge in [0.1, 0.15) is 5.82 Å². The lowest BCUT2D eigenvalue weighted by Crippen LogP contribution is -2.58. The molecule has 5 rings (SSSR count). The first-order chi connectivity index (χ1) is 20.0. The van der Waals surface area contributed by atoms with E-state index in [1.54, 1.807) is 35.4 Å². The van der Waals surface area contributed by atoms with Crippen LogP contribution in [0.15, 0.2) is 66.1 Å². The standard InChI is InChI=1S/C32H34N6O4/c1-7-26(39)36-16-21(6)37(17-20(36)5)29-24-12-13-25(22-10-8-9-11-23(22)31(40)41)34-30(24)38(32(42)35-29)28-19(4)14-15-33-27(28)18(2)3/h7-15,18,20-21H,1,16-17H2,2-6H3,(H,40,41). The summed E-state index contributed by atoms with van der Waals surface area (Å²) in [6.45, 7) is 14.4. The number of carbonyl (C=O) groups excluding carboxylic acids is 1. The predicted octanol–water partition coefficient (Wildman–Crippen LogP) is 4.58. The van der Waals surface area contributed by atoms with Gasteiger partial charge in [0.2, 0.25) is 5.91 Å². The average Bonchev–Trinajstić information content (AvgIpc) is 2.97. The molecule has 0 aliphatic carbocycles. The van der Waals surface area contributed by atoms with Crippen molar-refractivity contribution in [2.24, 2.45) is 0 Å². The number of hydrogen-bond donors (Lipinski definition) is 1. The van der Waals surface area contributed by atoms with E-state index >= 15 is 0 Å². The summed E-state index contributed by atoms with van der Waals surface area (Å²) in [4.78, 5) is 56.5. The molecular formula is C32H34N6O4. The number of piperazine rings is 1. The van der Waals surface area contributed by atoms with Gasteiger partial charge in [-0.2, -0.15) is 4.98 Å². The van der Waals surface area contributed by atoms with E-state index in [4.69, 9.17) is 4.98 Å². The summed E-state index contributed by atoms with van der Waals surface area (Å²) in [5, 5.41) is 10.5. The maximum atomic E-state index is 14.0. The van der Waals surface area contributed by atoms with Crippen molar-refractivity contribution >= 4 is 28.7 Å². The molecule has 10 heteroatoms. The maximum absolute atomic E-state index is 14.0. The van der Waals surface area contributed by atoms with Crippen molar-refractivity contribution in [2.45, 2.75) is 52.6 Å². The van der Waals surface area contributed by atoms with Crippen LogP contribution in [-0.4, -0.2) is 66.6 Å². The number of carboxylic acid groups (broad SMARTS) is 1. The number of aromatic nitrogens is 4. The zero-order valence-corrected chi connectivity index (χ0v) is 24.4. The van der Waals surface area contributed by atoms with Crippen molar-refractivity contribution in [3.05, 3.63) is 88.6 Å². The lowest BCUT2D eigenvalue weighted by molar-refractivity contribution is -0.128. The van der Waals surface area contributed by atoms with Crippen LogP contribution in [-0.2, 0) is 4.79 Å². The van der Waals surface area contributed by atoms with Gasteiger partial charge in [0.25, 0.3) is 0 Å². The van der Waals surface area contributed by atoms with Crippen LogP contribution < -0.4 is 10.6 Å². The van der Waals surface area contributed by atoms with Crippen LogP contribution in [0.3, 0.4) is 0 Å². The summed E-state index contributed by atoms with van der Waals surface area (Å²) in [5.41, 5.74) is 2.98. The number of aromatic carboxylic acids is 1. The first-order valence-corrected chi connectivity index (χ1v) is 14.0. The molecule has 3 aromatic heterocycles. The van der Waals surface area contributed by atoms with Crippen LogP contribution in [0, 0.1) is 6.92 Å². The van der Waals surface area contributed by atoms with Gasteiger partial charge in [-0.05, 0) is 62.6 Å². The molecule has 1 aromatic carbocycles. The topological polar surface area (TPSA) is 122 Å². The molecule has 2 unspecified atom stereocenters. The van der Waals surface area contributed by atoms with E-state index in [1.165, 1.54) is 16.7 Å². The van der Waals surface area contributed by atoms with Crippen molar-refractivity contribution in [3.63, 3.8) is 0 Å². The molecule has 1 saturated heterocycles. The van der Waals surface area contributed by atoms with E-state index in [1.807, 2.05) is 51.7 Å². The number of benzene rings is 1. The maximum Gasteiger partial charge on any atom is 0.355 e. The van der Waals surface area contributed by atoms with E-state index < -0.39 is 11.7 Å². The van der Waals surface area contributed by atoms with Gasteiger partial charge in [-0.3, -0.25) is 9.78 Å². The van der Waals surface area contributed by atoms with Gasteiger partial charge in [-0.1, -0.05) is 38.6 Å². The molecule has 1 amide bonds. The molecule has 1 N–H and O–H groups in total. The van der Waals surface area contributed by atoms with Gasteiger partial charge >= 0.3 is 11.7 Å². The summed E-state index contributed by atoms with van der Waals surface area (Å²) < 4.78 is 1.50. The molecule has 0 radical (unpaired) electrons. The molecule has 1 fully saturated rings. The van der Waals surface area contributed by atoms with Gasteiger partial charge in [-0.15, -0.1) is 0 Å². The number of rotatable bonds is 6. The normalized spacial score (nSPS) is 17.1. The fourth-order valence-corrected chi connectivity index (χ4v) is 5.68. The molecule has 4 heterocycles. The Morgan fingerprint density at radius 2 is 1.79 bits per heavy atom. The van der Waals surface area contributed by atoms with Gasteiger partial charge in [0.15, 0.2) is 5.65 Å². The van der Waals surface area contributed by atoms with Crippen LogP contribution in [0.5, 0.6) is 0 Å². The molecule has 1 aliphatic heterocycles. The van der Waals surface area contributed by atoms with Crippen molar-refractivity contribution in [1.29, 1.82) is 0 Å². The zero-order chi connectivity index (χ0) is 30.3. The molecule has 216 valence electrons. The van der Waals surface area contributed by atoms with E-state index in [2.05, 4.69) is 16.5 Å². The number of carbonyl (C=O) groups is 2. The van der Waals surface area contributed by atoms with Crippen molar-refractivity contribution in [2.75, 3.05) is 18.0 Å². The Kier molecular flexibility index (Phi) is 7.64. The number of nitrogens with zero attached hydrogens (tertiary/aromatic N) is 6. The van der Waals surface area contributed by atoms with E-state index in [9.17, 15) is 19.5 Å². The average molecular weight is 567 g/mol. The van der Waals surface area contributed by atoms with Crippen LogP contribution in [0.4, 0.5) is 5.82 Å². The van der Waals surface area contributed by atoms with Crippen molar-refractivity contribution in [3.8, 4) is 16.9 Å². The third-order valence-electron chi connectivity index (χ3n) is 7.79. The highest BCUT2D eigenvalue weighted by atomic mass is 16.4. The second-order valence-electron chi connectivity index (χ2n) is 11.0. The number of fused-ring (bicyclic) bond motifs is 1. The number of carboxylic acids is 1. The van der Waals surface area contributed by atoms with E-state index in [-0.39, 0.29) is 29.5 Å². The Balaban J connectivity index is 1.80. The van der Waals surface area contributed by atoms with Gasteiger partial charge in [-0.25, -0.2) is 19.1 Å². The second-order valence-corrected chi connectivity index (χ2v) is 11.0. The molecule has 2 atom stereocenters. The Morgan fingerprint density at radius 1 is 1.05 bits per heavy atom. The third kappa shape index (κ3) is 4.93. The van der Waals surface area contributed by atoms with Crippen LogP contribution in [0.2, 0.25) is 0 Å².